The first kappa shape index (κ1) is 14.1. The van der Waals surface area contributed by atoms with Crippen LogP contribution in [-0.4, -0.2) is 42.0 Å². The van der Waals surface area contributed by atoms with Gasteiger partial charge in [-0.05, 0) is 31.4 Å². The summed E-state index contributed by atoms with van der Waals surface area (Å²) in [6.07, 6.45) is 2.67. The number of aliphatic hydroxyl groups is 1. The molecular formula is C14H23N3O2. The van der Waals surface area contributed by atoms with Gasteiger partial charge < -0.3 is 20.5 Å². The molecule has 0 amide bonds. The lowest BCUT2D eigenvalue weighted by atomic mass is 9.91. The summed E-state index contributed by atoms with van der Waals surface area (Å²) in [5.41, 5.74) is -0.297. The van der Waals surface area contributed by atoms with Crippen LogP contribution in [0.1, 0.15) is 26.2 Å². The van der Waals surface area contributed by atoms with Crippen molar-refractivity contribution in [1.29, 1.82) is 0 Å². The van der Waals surface area contributed by atoms with E-state index in [1.165, 1.54) is 0 Å². The van der Waals surface area contributed by atoms with E-state index < -0.39 is 0 Å². The summed E-state index contributed by atoms with van der Waals surface area (Å²) in [7, 11) is 0. The van der Waals surface area contributed by atoms with Crippen LogP contribution >= 0.6 is 0 Å². The van der Waals surface area contributed by atoms with E-state index in [2.05, 4.69) is 22.5 Å². The number of anilines is 2. The van der Waals surface area contributed by atoms with Crippen LogP contribution in [0.25, 0.3) is 0 Å². The Morgan fingerprint density at radius 3 is 2.74 bits per heavy atom. The highest BCUT2D eigenvalue weighted by atomic mass is 16.5. The molecule has 0 aromatic carbocycles. The second-order valence-electron chi connectivity index (χ2n) is 5.01. The van der Waals surface area contributed by atoms with Gasteiger partial charge in [-0.15, -0.1) is 0 Å². The van der Waals surface area contributed by atoms with Gasteiger partial charge in [-0.3, -0.25) is 0 Å². The third-order valence-corrected chi connectivity index (χ3v) is 3.45. The van der Waals surface area contributed by atoms with Crippen molar-refractivity contribution < 1.29 is 9.84 Å². The monoisotopic (exact) mass is 265 g/mol. The van der Waals surface area contributed by atoms with Gasteiger partial charge in [0.1, 0.15) is 11.6 Å². The lowest BCUT2D eigenvalue weighted by Gasteiger charge is -2.36. The summed E-state index contributed by atoms with van der Waals surface area (Å²) in [5.74, 6) is 1.67. The molecule has 1 aliphatic heterocycles. The fourth-order valence-corrected chi connectivity index (χ4v) is 2.21. The zero-order chi connectivity index (χ0) is 13.6. The number of rotatable bonds is 6. The van der Waals surface area contributed by atoms with Gasteiger partial charge in [-0.1, -0.05) is 13.0 Å². The molecule has 0 bridgehead atoms. The van der Waals surface area contributed by atoms with E-state index in [1.807, 2.05) is 18.2 Å². The van der Waals surface area contributed by atoms with Crippen molar-refractivity contribution >= 4 is 11.6 Å². The van der Waals surface area contributed by atoms with E-state index in [4.69, 9.17) is 4.74 Å². The lowest BCUT2D eigenvalue weighted by Crippen LogP contribution is -2.47. The van der Waals surface area contributed by atoms with Crippen LogP contribution in [0.3, 0.4) is 0 Å². The highest BCUT2D eigenvalue weighted by Gasteiger charge is 2.32. The third-order valence-electron chi connectivity index (χ3n) is 3.45. The van der Waals surface area contributed by atoms with Gasteiger partial charge in [0.2, 0.25) is 0 Å². The van der Waals surface area contributed by atoms with E-state index in [0.29, 0.717) is 13.2 Å². The van der Waals surface area contributed by atoms with Crippen molar-refractivity contribution in [1.82, 2.24) is 4.98 Å². The zero-order valence-electron chi connectivity index (χ0n) is 11.5. The van der Waals surface area contributed by atoms with Crippen LogP contribution < -0.4 is 10.6 Å². The molecule has 1 saturated heterocycles. The van der Waals surface area contributed by atoms with Crippen LogP contribution in [0.2, 0.25) is 0 Å². The molecule has 5 heteroatoms. The minimum Gasteiger partial charge on any atom is -0.394 e. The maximum Gasteiger partial charge on any atom is 0.128 e. The molecule has 2 rings (SSSR count). The molecule has 0 spiro atoms. The SMILES string of the molecule is CCCNc1cccc(NC2(CO)CCOCC2)n1. The van der Waals surface area contributed by atoms with Gasteiger partial charge in [0, 0.05) is 19.8 Å². The predicted molar refractivity (Wildman–Crippen MR) is 76.5 cm³/mol. The molecule has 5 nitrogen and oxygen atoms in total. The minimum atomic E-state index is -0.297. The molecule has 1 aromatic rings. The van der Waals surface area contributed by atoms with Crippen molar-refractivity contribution in [2.24, 2.45) is 0 Å². The fourth-order valence-electron chi connectivity index (χ4n) is 2.21. The van der Waals surface area contributed by atoms with E-state index in [1.54, 1.807) is 0 Å². The Bertz CT molecular complexity index is 392. The number of aliphatic hydroxyl groups excluding tert-OH is 1. The van der Waals surface area contributed by atoms with E-state index in [-0.39, 0.29) is 12.1 Å². The Morgan fingerprint density at radius 2 is 2.05 bits per heavy atom. The number of pyridine rings is 1. The van der Waals surface area contributed by atoms with Crippen molar-refractivity contribution in [3.8, 4) is 0 Å². The molecule has 19 heavy (non-hydrogen) atoms. The summed E-state index contributed by atoms with van der Waals surface area (Å²) in [6, 6.07) is 5.86. The molecule has 2 heterocycles. The minimum absolute atomic E-state index is 0.102. The number of hydrogen-bond acceptors (Lipinski definition) is 5. The van der Waals surface area contributed by atoms with Crippen LogP contribution in [0.4, 0.5) is 11.6 Å². The van der Waals surface area contributed by atoms with Gasteiger partial charge >= 0.3 is 0 Å². The Labute approximate surface area is 114 Å². The normalized spacial score (nSPS) is 18.0. The number of nitrogens with zero attached hydrogens (tertiary/aromatic N) is 1. The van der Waals surface area contributed by atoms with Crippen molar-refractivity contribution in [2.75, 3.05) is 37.0 Å². The summed E-state index contributed by atoms with van der Waals surface area (Å²) in [6.45, 7) is 4.50. The lowest BCUT2D eigenvalue weighted by molar-refractivity contribution is 0.0378. The largest absolute Gasteiger partial charge is 0.394 e. The standard InChI is InChI=1S/C14H23N3O2/c1-2-8-15-12-4-3-5-13(16-12)17-14(11-18)6-9-19-10-7-14/h3-5,18H,2,6-11H2,1H3,(H2,15,16,17). The molecule has 106 valence electrons. The molecule has 1 fully saturated rings. The molecule has 1 aliphatic rings. The van der Waals surface area contributed by atoms with Crippen molar-refractivity contribution in [3.63, 3.8) is 0 Å². The summed E-state index contributed by atoms with van der Waals surface area (Å²) < 4.78 is 5.36. The summed E-state index contributed by atoms with van der Waals surface area (Å²) >= 11 is 0. The number of hydrogen-bond donors (Lipinski definition) is 3. The molecule has 1 aromatic heterocycles. The van der Waals surface area contributed by atoms with E-state index in [9.17, 15) is 5.11 Å². The van der Waals surface area contributed by atoms with Crippen LogP contribution in [-0.2, 0) is 4.74 Å². The summed E-state index contributed by atoms with van der Waals surface area (Å²) in [4.78, 5) is 4.52. The molecule has 0 radical (unpaired) electrons. The highest BCUT2D eigenvalue weighted by molar-refractivity contribution is 5.46. The van der Waals surface area contributed by atoms with Crippen molar-refractivity contribution in [2.45, 2.75) is 31.7 Å². The number of nitrogens with one attached hydrogen (secondary N) is 2. The second kappa shape index (κ2) is 6.73. The molecular weight excluding hydrogens is 242 g/mol. The van der Waals surface area contributed by atoms with Gasteiger partial charge in [0.25, 0.3) is 0 Å². The smallest absolute Gasteiger partial charge is 0.128 e. The first-order valence-corrected chi connectivity index (χ1v) is 6.96. The van der Waals surface area contributed by atoms with E-state index in [0.717, 1.165) is 37.4 Å². The van der Waals surface area contributed by atoms with Crippen LogP contribution in [0, 0.1) is 0 Å². The van der Waals surface area contributed by atoms with Crippen molar-refractivity contribution in [3.05, 3.63) is 18.2 Å². The number of ether oxygens (including phenoxy) is 1. The maximum atomic E-state index is 9.65. The molecule has 0 saturated carbocycles. The third kappa shape index (κ3) is 3.81. The first-order chi connectivity index (χ1) is 9.28. The average molecular weight is 265 g/mol. The van der Waals surface area contributed by atoms with Crippen LogP contribution in [0.5, 0.6) is 0 Å². The van der Waals surface area contributed by atoms with Gasteiger partial charge in [-0.25, -0.2) is 4.98 Å². The van der Waals surface area contributed by atoms with Gasteiger partial charge in [0.05, 0.1) is 12.1 Å². The maximum absolute atomic E-state index is 9.65. The fraction of sp³-hybridized carbons (Fsp3) is 0.643. The Kier molecular flexibility index (Phi) is 4.99. The van der Waals surface area contributed by atoms with E-state index >= 15 is 0 Å². The predicted octanol–water partition coefficient (Wildman–Crippen LogP) is 1.86. The molecule has 0 atom stereocenters. The first-order valence-electron chi connectivity index (χ1n) is 6.96. The van der Waals surface area contributed by atoms with Crippen LogP contribution in [0.15, 0.2) is 18.2 Å². The molecule has 0 aliphatic carbocycles. The Morgan fingerprint density at radius 1 is 1.32 bits per heavy atom. The van der Waals surface area contributed by atoms with Gasteiger partial charge in [0.15, 0.2) is 0 Å². The van der Waals surface area contributed by atoms with Gasteiger partial charge in [-0.2, -0.15) is 0 Å². The second-order valence-corrected chi connectivity index (χ2v) is 5.01. The topological polar surface area (TPSA) is 66.4 Å². The zero-order valence-corrected chi connectivity index (χ0v) is 11.5. The highest BCUT2D eigenvalue weighted by Crippen LogP contribution is 2.25. The number of aromatic nitrogens is 1. The molecule has 0 unspecified atom stereocenters. The average Bonchev–Trinajstić information content (AvgIpc) is 2.46. The molecule has 3 N–H and O–H groups in total. The Hall–Kier alpha value is -1.33. The Balaban J connectivity index is 2.04. The summed E-state index contributed by atoms with van der Waals surface area (Å²) in [5, 5.41) is 16.3. The quantitative estimate of drug-likeness (QED) is 0.732.